The third kappa shape index (κ3) is 2.18. The van der Waals surface area contributed by atoms with Gasteiger partial charge in [-0.25, -0.2) is 8.42 Å². The van der Waals surface area contributed by atoms with Crippen molar-refractivity contribution in [3.63, 3.8) is 0 Å². The van der Waals surface area contributed by atoms with Crippen molar-refractivity contribution in [1.82, 2.24) is 9.21 Å². The van der Waals surface area contributed by atoms with E-state index in [1.807, 2.05) is 19.1 Å². The second-order valence-corrected chi connectivity index (χ2v) is 7.70. The molecule has 2 aliphatic rings. The number of fused-ring (bicyclic) bond motifs is 2. The summed E-state index contributed by atoms with van der Waals surface area (Å²) in [5.41, 5.74) is 1.08. The molecule has 4 nitrogen and oxygen atoms in total. The first-order valence-corrected chi connectivity index (χ1v) is 8.82. The molecule has 2 bridgehead atoms. The van der Waals surface area contributed by atoms with Gasteiger partial charge in [0.15, 0.2) is 0 Å². The molecule has 2 heterocycles. The number of rotatable bonds is 4. The standard InChI is InChI=1S/C15H22N2O2S/c1-3-4-15-16-10-9-13(11-16)17(15)20(18,19)14-7-5-12(2)6-8-14/h5-8,13,15H,3-4,9-11H2,1-2H3. The lowest BCUT2D eigenvalue weighted by atomic mass is 10.2. The molecule has 0 aromatic heterocycles. The number of hydrogen-bond acceptors (Lipinski definition) is 3. The first-order valence-electron chi connectivity index (χ1n) is 7.38. The van der Waals surface area contributed by atoms with E-state index in [0.29, 0.717) is 4.90 Å². The molecular weight excluding hydrogens is 272 g/mol. The molecule has 1 aromatic rings. The van der Waals surface area contributed by atoms with Crippen LogP contribution in [-0.4, -0.2) is 42.9 Å². The third-order valence-electron chi connectivity index (χ3n) is 4.41. The van der Waals surface area contributed by atoms with Crippen molar-refractivity contribution in [2.75, 3.05) is 13.1 Å². The van der Waals surface area contributed by atoms with Crippen LogP contribution in [0.3, 0.4) is 0 Å². The molecule has 2 fully saturated rings. The summed E-state index contributed by atoms with van der Waals surface area (Å²) in [6.07, 6.45) is 2.95. The molecule has 1 aromatic carbocycles. The molecular formula is C15H22N2O2S. The number of aryl methyl sites for hydroxylation is 1. The van der Waals surface area contributed by atoms with E-state index in [4.69, 9.17) is 0 Å². The Kier molecular flexibility index (Phi) is 3.60. The molecule has 0 radical (unpaired) electrons. The Labute approximate surface area is 121 Å². The average Bonchev–Trinajstić information content (AvgIpc) is 3.00. The molecule has 0 saturated carbocycles. The Morgan fingerprint density at radius 3 is 2.60 bits per heavy atom. The minimum atomic E-state index is -3.37. The van der Waals surface area contributed by atoms with Crippen molar-refractivity contribution in [3.8, 4) is 0 Å². The zero-order valence-corrected chi connectivity index (χ0v) is 12.9. The summed E-state index contributed by atoms with van der Waals surface area (Å²) in [4.78, 5) is 2.75. The van der Waals surface area contributed by atoms with Crippen molar-refractivity contribution < 1.29 is 8.42 Å². The predicted octanol–water partition coefficient (Wildman–Crippen LogP) is 2.20. The van der Waals surface area contributed by atoms with Gasteiger partial charge in [0, 0.05) is 19.1 Å². The van der Waals surface area contributed by atoms with Gasteiger partial charge in [-0.05, 0) is 31.9 Å². The lowest BCUT2D eigenvalue weighted by Crippen LogP contribution is -2.48. The number of hydrogen-bond donors (Lipinski definition) is 0. The fourth-order valence-electron chi connectivity index (χ4n) is 3.41. The summed E-state index contributed by atoms with van der Waals surface area (Å²) in [5, 5.41) is 0. The smallest absolute Gasteiger partial charge is 0.244 e. The average molecular weight is 294 g/mol. The zero-order chi connectivity index (χ0) is 14.3. The second kappa shape index (κ2) is 5.13. The van der Waals surface area contributed by atoms with Crippen LogP contribution in [0.15, 0.2) is 29.2 Å². The molecule has 0 amide bonds. The summed E-state index contributed by atoms with van der Waals surface area (Å²) in [7, 11) is -3.37. The summed E-state index contributed by atoms with van der Waals surface area (Å²) in [6, 6.07) is 7.37. The Balaban J connectivity index is 1.95. The highest BCUT2D eigenvalue weighted by Crippen LogP contribution is 2.36. The predicted molar refractivity (Wildman–Crippen MR) is 78.9 cm³/mol. The molecule has 2 aliphatic heterocycles. The normalized spacial score (nSPS) is 30.0. The Hall–Kier alpha value is -0.910. The van der Waals surface area contributed by atoms with Crippen LogP contribution in [0.1, 0.15) is 31.7 Å². The summed E-state index contributed by atoms with van der Waals surface area (Å²) >= 11 is 0. The Morgan fingerprint density at radius 1 is 1.25 bits per heavy atom. The van der Waals surface area contributed by atoms with E-state index in [1.54, 1.807) is 16.4 Å². The highest BCUT2D eigenvalue weighted by atomic mass is 32.2. The highest BCUT2D eigenvalue weighted by molar-refractivity contribution is 7.89. The fourth-order valence-corrected chi connectivity index (χ4v) is 5.25. The van der Waals surface area contributed by atoms with Gasteiger partial charge in [-0.2, -0.15) is 4.31 Å². The molecule has 3 rings (SSSR count). The summed E-state index contributed by atoms with van der Waals surface area (Å²) < 4.78 is 27.6. The molecule has 3 unspecified atom stereocenters. The van der Waals surface area contributed by atoms with Crippen LogP contribution in [0.2, 0.25) is 0 Å². The topological polar surface area (TPSA) is 40.6 Å². The lowest BCUT2D eigenvalue weighted by molar-refractivity contribution is 0.147. The van der Waals surface area contributed by atoms with E-state index in [0.717, 1.165) is 37.9 Å². The maximum atomic E-state index is 12.9. The first-order chi connectivity index (χ1) is 9.54. The molecule has 0 N–H and O–H groups in total. The number of benzene rings is 1. The fraction of sp³-hybridized carbons (Fsp3) is 0.600. The van der Waals surface area contributed by atoms with Gasteiger partial charge in [0.2, 0.25) is 10.0 Å². The highest BCUT2D eigenvalue weighted by Gasteiger charge is 2.49. The van der Waals surface area contributed by atoms with E-state index in [-0.39, 0.29) is 12.2 Å². The van der Waals surface area contributed by atoms with E-state index < -0.39 is 10.0 Å². The second-order valence-electron chi connectivity index (χ2n) is 5.85. The van der Waals surface area contributed by atoms with Crippen LogP contribution >= 0.6 is 0 Å². The maximum Gasteiger partial charge on any atom is 0.244 e. The molecule has 3 atom stereocenters. The first kappa shape index (κ1) is 14.0. The van der Waals surface area contributed by atoms with Gasteiger partial charge >= 0.3 is 0 Å². The molecule has 5 heteroatoms. The van der Waals surface area contributed by atoms with Crippen molar-refractivity contribution in [1.29, 1.82) is 0 Å². The van der Waals surface area contributed by atoms with Crippen LogP contribution in [-0.2, 0) is 10.0 Å². The van der Waals surface area contributed by atoms with Crippen LogP contribution in [0, 0.1) is 6.92 Å². The van der Waals surface area contributed by atoms with Gasteiger partial charge in [0.05, 0.1) is 11.1 Å². The lowest BCUT2D eigenvalue weighted by Gasteiger charge is -2.34. The van der Waals surface area contributed by atoms with Crippen molar-refractivity contribution in [3.05, 3.63) is 29.8 Å². The van der Waals surface area contributed by atoms with Crippen molar-refractivity contribution >= 4 is 10.0 Å². The molecule has 110 valence electrons. The Bertz CT molecular complexity index is 582. The molecule has 0 spiro atoms. The monoisotopic (exact) mass is 294 g/mol. The van der Waals surface area contributed by atoms with Gasteiger partial charge in [-0.3, -0.25) is 4.90 Å². The van der Waals surface area contributed by atoms with Gasteiger partial charge < -0.3 is 0 Å². The van der Waals surface area contributed by atoms with Gasteiger partial charge in [0.25, 0.3) is 0 Å². The van der Waals surface area contributed by atoms with Crippen LogP contribution in [0.5, 0.6) is 0 Å². The van der Waals surface area contributed by atoms with E-state index in [1.165, 1.54) is 0 Å². The van der Waals surface area contributed by atoms with E-state index >= 15 is 0 Å². The molecule has 2 saturated heterocycles. The van der Waals surface area contributed by atoms with Crippen LogP contribution in [0.25, 0.3) is 0 Å². The van der Waals surface area contributed by atoms with E-state index in [2.05, 4.69) is 11.8 Å². The Morgan fingerprint density at radius 2 is 1.95 bits per heavy atom. The number of sulfonamides is 1. The van der Waals surface area contributed by atoms with Gasteiger partial charge in [-0.15, -0.1) is 0 Å². The van der Waals surface area contributed by atoms with Gasteiger partial charge in [0.1, 0.15) is 0 Å². The minimum Gasteiger partial charge on any atom is -0.285 e. The zero-order valence-electron chi connectivity index (χ0n) is 12.1. The van der Waals surface area contributed by atoms with Crippen molar-refractivity contribution in [2.45, 2.75) is 50.2 Å². The molecule has 0 aliphatic carbocycles. The minimum absolute atomic E-state index is 0.0602. The summed E-state index contributed by atoms with van der Waals surface area (Å²) in [6.45, 7) is 6.02. The maximum absolute atomic E-state index is 12.9. The quantitative estimate of drug-likeness (QED) is 0.855. The van der Waals surface area contributed by atoms with Crippen LogP contribution < -0.4 is 0 Å². The third-order valence-corrected chi connectivity index (χ3v) is 6.38. The SMILES string of the molecule is CCCC1N2CCC(C2)N1S(=O)(=O)c1ccc(C)cc1. The van der Waals surface area contributed by atoms with Gasteiger partial charge in [-0.1, -0.05) is 31.0 Å². The number of nitrogens with zero attached hydrogens (tertiary/aromatic N) is 2. The largest absolute Gasteiger partial charge is 0.285 e. The summed E-state index contributed by atoms with van der Waals surface area (Å²) in [5.74, 6) is 0. The molecule has 20 heavy (non-hydrogen) atoms. The van der Waals surface area contributed by atoms with E-state index in [9.17, 15) is 8.42 Å². The van der Waals surface area contributed by atoms with Crippen molar-refractivity contribution in [2.24, 2.45) is 0 Å². The van der Waals surface area contributed by atoms with Crippen LogP contribution in [0.4, 0.5) is 0 Å².